The molecule has 0 unspecified atom stereocenters. The lowest BCUT2D eigenvalue weighted by Crippen LogP contribution is -2.22. The number of nitrogens with one attached hydrogen (secondary N) is 2. The van der Waals surface area contributed by atoms with E-state index in [1.54, 1.807) is 7.11 Å². The third-order valence-electron chi connectivity index (χ3n) is 4.04. The number of rotatable bonds is 8. The highest BCUT2D eigenvalue weighted by Gasteiger charge is 2.08. The Bertz CT molecular complexity index is 683. The van der Waals surface area contributed by atoms with Crippen LogP contribution in [0.3, 0.4) is 0 Å². The monoisotopic (exact) mass is 326 g/mol. The number of methoxy groups -OCH3 is 1. The Morgan fingerprint density at radius 2 is 1.83 bits per heavy atom. The second kappa shape index (κ2) is 9.08. The molecule has 2 aromatic carbocycles. The number of anilines is 1. The number of carbonyl (C=O) groups excluding carboxylic acids is 1. The molecule has 4 nitrogen and oxygen atoms in total. The molecule has 0 aliphatic heterocycles. The first-order valence-corrected chi connectivity index (χ1v) is 8.36. The lowest BCUT2D eigenvalue weighted by atomic mass is 10.1. The molecule has 2 aromatic rings. The normalized spacial score (nSPS) is 10.5. The van der Waals surface area contributed by atoms with Crippen LogP contribution in [0.2, 0.25) is 0 Å². The van der Waals surface area contributed by atoms with E-state index < -0.39 is 0 Å². The summed E-state index contributed by atoms with van der Waals surface area (Å²) in [6.45, 7) is 5.42. The molecular weight excluding hydrogens is 300 g/mol. The van der Waals surface area contributed by atoms with Gasteiger partial charge in [0, 0.05) is 30.8 Å². The number of carbonyl (C=O) groups is 1. The highest BCUT2D eigenvalue weighted by Crippen LogP contribution is 2.21. The molecule has 0 saturated heterocycles. The van der Waals surface area contributed by atoms with Crippen LogP contribution in [-0.2, 0) is 17.8 Å². The summed E-state index contributed by atoms with van der Waals surface area (Å²) in [4.78, 5) is 12.2. The van der Waals surface area contributed by atoms with Gasteiger partial charge in [-0.3, -0.25) is 4.79 Å². The zero-order chi connectivity index (χ0) is 17.4. The summed E-state index contributed by atoms with van der Waals surface area (Å²) in [5.74, 6) is 0.897. The van der Waals surface area contributed by atoms with Crippen LogP contribution in [0.1, 0.15) is 30.0 Å². The molecule has 2 N–H and O–H groups in total. The average molecular weight is 326 g/mol. The molecule has 0 aliphatic carbocycles. The molecule has 4 heteroatoms. The largest absolute Gasteiger partial charge is 0.496 e. The van der Waals surface area contributed by atoms with E-state index in [-0.39, 0.29) is 5.91 Å². The average Bonchev–Trinajstić information content (AvgIpc) is 2.60. The number of benzene rings is 2. The van der Waals surface area contributed by atoms with Crippen LogP contribution in [-0.4, -0.2) is 19.6 Å². The Labute approximate surface area is 144 Å². The van der Waals surface area contributed by atoms with Crippen molar-refractivity contribution in [1.29, 1.82) is 0 Å². The maximum absolute atomic E-state index is 12.2. The van der Waals surface area contributed by atoms with E-state index in [1.807, 2.05) is 43.3 Å². The maximum atomic E-state index is 12.2. The van der Waals surface area contributed by atoms with E-state index in [0.29, 0.717) is 19.5 Å². The van der Waals surface area contributed by atoms with Crippen molar-refractivity contribution in [3.05, 3.63) is 59.2 Å². The SMILES string of the molecule is CCc1cccc(C)c1NC(=O)CCNCc1ccccc1OC. The van der Waals surface area contributed by atoms with E-state index in [4.69, 9.17) is 4.74 Å². The minimum Gasteiger partial charge on any atom is -0.496 e. The molecule has 0 atom stereocenters. The number of aryl methyl sites for hydroxylation is 2. The number of hydrogen-bond donors (Lipinski definition) is 2. The summed E-state index contributed by atoms with van der Waals surface area (Å²) in [7, 11) is 1.67. The van der Waals surface area contributed by atoms with E-state index in [1.165, 1.54) is 5.56 Å². The van der Waals surface area contributed by atoms with Gasteiger partial charge in [-0.2, -0.15) is 0 Å². The fraction of sp³-hybridized carbons (Fsp3) is 0.350. The quantitative estimate of drug-likeness (QED) is 0.728. The molecule has 24 heavy (non-hydrogen) atoms. The van der Waals surface area contributed by atoms with Crippen LogP contribution in [0.15, 0.2) is 42.5 Å². The van der Waals surface area contributed by atoms with Crippen molar-refractivity contribution in [2.24, 2.45) is 0 Å². The first kappa shape index (κ1) is 18.0. The topological polar surface area (TPSA) is 50.4 Å². The first-order chi connectivity index (χ1) is 11.7. The number of ether oxygens (including phenoxy) is 1. The van der Waals surface area contributed by atoms with Gasteiger partial charge in [-0.25, -0.2) is 0 Å². The molecular formula is C20H26N2O2. The summed E-state index contributed by atoms with van der Waals surface area (Å²) >= 11 is 0. The van der Waals surface area contributed by atoms with Crippen molar-refractivity contribution in [2.45, 2.75) is 33.2 Å². The van der Waals surface area contributed by atoms with Crippen LogP contribution < -0.4 is 15.4 Å². The van der Waals surface area contributed by atoms with Gasteiger partial charge in [0.05, 0.1) is 7.11 Å². The van der Waals surface area contributed by atoms with Crippen LogP contribution in [0.5, 0.6) is 5.75 Å². The fourth-order valence-corrected chi connectivity index (χ4v) is 2.68. The van der Waals surface area contributed by atoms with E-state index >= 15 is 0 Å². The minimum atomic E-state index is 0.0338. The van der Waals surface area contributed by atoms with Crippen LogP contribution in [0.25, 0.3) is 0 Å². The number of hydrogen-bond acceptors (Lipinski definition) is 3. The third kappa shape index (κ3) is 4.83. The zero-order valence-electron chi connectivity index (χ0n) is 14.7. The molecule has 0 radical (unpaired) electrons. The van der Waals surface area contributed by atoms with Gasteiger partial charge in [-0.15, -0.1) is 0 Å². The van der Waals surface area contributed by atoms with Crippen molar-refractivity contribution >= 4 is 11.6 Å². The van der Waals surface area contributed by atoms with Crippen LogP contribution in [0.4, 0.5) is 5.69 Å². The Morgan fingerprint density at radius 3 is 2.58 bits per heavy atom. The van der Waals surface area contributed by atoms with Gasteiger partial charge in [-0.1, -0.05) is 43.3 Å². The third-order valence-corrected chi connectivity index (χ3v) is 4.04. The number of amides is 1. The van der Waals surface area contributed by atoms with Gasteiger partial charge in [0.15, 0.2) is 0 Å². The molecule has 0 bridgehead atoms. The van der Waals surface area contributed by atoms with E-state index in [0.717, 1.165) is 29.0 Å². The summed E-state index contributed by atoms with van der Waals surface area (Å²) in [6.07, 6.45) is 1.34. The second-order valence-corrected chi connectivity index (χ2v) is 5.75. The summed E-state index contributed by atoms with van der Waals surface area (Å²) in [5, 5.41) is 6.34. The van der Waals surface area contributed by atoms with Gasteiger partial charge < -0.3 is 15.4 Å². The van der Waals surface area contributed by atoms with Crippen LogP contribution in [0, 0.1) is 6.92 Å². The van der Waals surface area contributed by atoms with Crippen molar-refractivity contribution in [3.8, 4) is 5.75 Å². The van der Waals surface area contributed by atoms with Crippen molar-refractivity contribution < 1.29 is 9.53 Å². The molecule has 0 fully saturated rings. The standard InChI is InChI=1S/C20H26N2O2/c1-4-16-10-7-8-15(2)20(16)22-19(23)12-13-21-14-17-9-5-6-11-18(17)24-3/h5-11,21H,4,12-14H2,1-3H3,(H,22,23). The highest BCUT2D eigenvalue weighted by atomic mass is 16.5. The second-order valence-electron chi connectivity index (χ2n) is 5.75. The van der Waals surface area contributed by atoms with E-state index in [2.05, 4.69) is 23.6 Å². The molecule has 0 spiro atoms. The predicted octanol–water partition coefficient (Wildman–Crippen LogP) is 3.68. The highest BCUT2D eigenvalue weighted by molar-refractivity contribution is 5.92. The summed E-state index contributed by atoms with van der Waals surface area (Å²) in [6, 6.07) is 14.0. The van der Waals surface area contributed by atoms with Gasteiger partial charge in [0.25, 0.3) is 0 Å². The smallest absolute Gasteiger partial charge is 0.225 e. The van der Waals surface area contributed by atoms with Gasteiger partial charge in [0.1, 0.15) is 5.75 Å². The molecule has 128 valence electrons. The molecule has 2 rings (SSSR count). The molecule has 1 amide bonds. The zero-order valence-corrected chi connectivity index (χ0v) is 14.7. The van der Waals surface area contributed by atoms with Gasteiger partial charge >= 0.3 is 0 Å². The number of para-hydroxylation sites is 2. The van der Waals surface area contributed by atoms with Gasteiger partial charge in [-0.05, 0) is 30.5 Å². The minimum absolute atomic E-state index is 0.0338. The first-order valence-electron chi connectivity index (χ1n) is 8.36. The van der Waals surface area contributed by atoms with Crippen molar-refractivity contribution in [3.63, 3.8) is 0 Å². The molecule has 0 aromatic heterocycles. The van der Waals surface area contributed by atoms with Crippen LogP contribution >= 0.6 is 0 Å². The van der Waals surface area contributed by atoms with E-state index in [9.17, 15) is 4.79 Å². The summed E-state index contributed by atoms with van der Waals surface area (Å²) in [5.41, 5.74) is 4.32. The Hall–Kier alpha value is -2.33. The fourth-order valence-electron chi connectivity index (χ4n) is 2.68. The van der Waals surface area contributed by atoms with Crippen molar-refractivity contribution in [1.82, 2.24) is 5.32 Å². The predicted molar refractivity (Wildman–Crippen MR) is 98.5 cm³/mol. The lowest BCUT2D eigenvalue weighted by Gasteiger charge is -2.13. The maximum Gasteiger partial charge on any atom is 0.225 e. The lowest BCUT2D eigenvalue weighted by molar-refractivity contribution is -0.116. The molecule has 0 aliphatic rings. The Kier molecular flexibility index (Phi) is 6.82. The summed E-state index contributed by atoms with van der Waals surface area (Å²) < 4.78 is 5.32. The molecule has 0 saturated carbocycles. The Balaban J connectivity index is 1.82. The van der Waals surface area contributed by atoms with Gasteiger partial charge in [0.2, 0.25) is 5.91 Å². The molecule has 0 heterocycles. The van der Waals surface area contributed by atoms with Crippen molar-refractivity contribution in [2.75, 3.05) is 19.0 Å². The Morgan fingerprint density at radius 1 is 1.08 bits per heavy atom.